The van der Waals surface area contributed by atoms with Gasteiger partial charge in [0.05, 0.1) is 24.8 Å². The van der Waals surface area contributed by atoms with Gasteiger partial charge in [0.15, 0.2) is 0 Å². The van der Waals surface area contributed by atoms with E-state index in [1.165, 1.54) is 11.1 Å². The maximum Gasteiger partial charge on any atom is 0.236 e. The van der Waals surface area contributed by atoms with Gasteiger partial charge in [-0.25, -0.2) is 0 Å². The van der Waals surface area contributed by atoms with Crippen molar-refractivity contribution in [3.63, 3.8) is 0 Å². The number of carbonyl (C=O) groups excluding carboxylic acids is 1. The standard InChI is InChI=1S/C25H29N3O2/c1-19-15-20(2)17-22(16-19)30-14-13-28(3)24(29)18-27-25(21-9-5-4-6-10-21)23-11-7-8-12-26-23/h4-12,15-17,25,27H,13-14,18H2,1-3H3. The summed E-state index contributed by atoms with van der Waals surface area (Å²) in [5.41, 5.74) is 4.29. The molecule has 0 aliphatic rings. The minimum Gasteiger partial charge on any atom is -0.492 e. The van der Waals surface area contributed by atoms with E-state index < -0.39 is 0 Å². The number of pyridine rings is 1. The van der Waals surface area contributed by atoms with Gasteiger partial charge in [-0.15, -0.1) is 0 Å². The number of nitrogens with one attached hydrogen (secondary N) is 1. The van der Waals surface area contributed by atoms with Crippen LogP contribution in [0.25, 0.3) is 0 Å². The van der Waals surface area contributed by atoms with E-state index in [2.05, 4.69) is 16.4 Å². The lowest BCUT2D eigenvalue weighted by Crippen LogP contribution is -2.39. The molecule has 0 fully saturated rings. The molecule has 0 saturated carbocycles. The molecule has 1 atom stereocenters. The van der Waals surface area contributed by atoms with Crippen molar-refractivity contribution in [3.8, 4) is 5.75 Å². The summed E-state index contributed by atoms with van der Waals surface area (Å²) in [7, 11) is 1.80. The molecule has 156 valence electrons. The third-order valence-corrected chi connectivity index (χ3v) is 4.89. The average Bonchev–Trinajstić information content (AvgIpc) is 2.74. The number of likely N-dealkylation sites (N-methyl/N-ethyl adjacent to an activating group) is 1. The molecule has 0 spiro atoms. The molecule has 0 radical (unpaired) electrons. The zero-order valence-electron chi connectivity index (χ0n) is 17.8. The Morgan fingerprint density at radius 2 is 1.73 bits per heavy atom. The Morgan fingerprint density at radius 3 is 2.40 bits per heavy atom. The highest BCUT2D eigenvalue weighted by Gasteiger charge is 2.17. The van der Waals surface area contributed by atoms with Crippen molar-refractivity contribution >= 4 is 5.91 Å². The highest BCUT2D eigenvalue weighted by Crippen LogP contribution is 2.20. The number of amides is 1. The first-order valence-electron chi connectivity index (χ1n) is 10.2. The highest BCUT2D eigenvalue weighted by atomic mass is 16.5. The number of aryl methyl sites for hydroxylation is 2. The van der Waals surface area contributed by atoms with Gasteiger partial charge in [-0.05, 0) is 54.8 Å². The summed E-state index contributed by atoms with van der Waals surface area (Å²) in [6.45, 7) is 5.29. The van der Waals surface area contributed by atoms with Gasteiger partial charge in [0.1, 0.15) is 12.4 Å². The Labute approximate surface area is 178 Å². The predicted molar refractivity (Wildman–Crippen MR) is 120 cm³/mol. The van der Waals surface area contributed by atoms with Crippen molar-refractivity contribution in [3.05, 3.63) is 95.3 Å². The molecule has 0 aliphatic carbocycles. The Hall–Kier alpha value is -3.18. The van der Waals surface area contributed by atoms with Gasteiger partial charge in [-0.2, -0.15) is 0 Å². The molecule has 0 bridgehead atoms. The molecule has 3 aromatic rings. The van der Waals surface area contributed by atoms with Crippen molar-refractivity contribution < 1.29 is 9.53 Å². The molecular formula is C25H29N3O2. The minimum absolute atomic E-state index is 0.0101. The first-order valence-corrected chi connectivity index (χ1v) is 10.2. The van der Waals surface area contributed by atoms with Gasteiger partial charge in [0.2, 0.25) is 5.91 Å². The van der Waals surface area contributed by atoms with E-state index >= 15 is 0 Å². The second kappa shape index (κ2) is 10.6. The van der Waals surface area contributed by atoms with Gasteiger partial charge in [-0.3, -0.25) is 15.1 Å². The number of benzene rings is 2. The van der Waals surface area contributed by atoms with Gasteiger partial charge in [-0.1, -0.05) is 42.5 Å². The quantitative estimate of drug-likeness (QED) is 0.588. The highest BCUT2D eigenvalue weighted by molar-refractivity contribution is 5.78. The van der Waals surface area contributed by atoms with Crippen LogP contribution < -0.4 is 10.1 Å². The number of aromatic nitrogens is 1. The number of ether oxygens (including phenoxy) is 1. The Morgan fingerprint density at radius 1 is 1.03 bits per heavy atom. The SMILES string of the molecule is Cc1cc(C)cc(OCCN(C)C(=O)CNC(c2ccccc2)c2ccccn2)c1. The van der Waals surface area contributed by atoms with Crippen molar-refractivity contribution in [2.45, 2.75) is 19.9 Å². The van der Waals surface area contributed by atoms with E-state index in [0.29, 0.717) is 13.2 Å². The number of nitrogens with zero attached hydrogens (tertiary/aromatic N) is 2. The monoisotopic (exact) mass is 403 g/mol. The summed E-state index contributed by atoms with van der Waals surface area (Å²) in [5.74, 6) is 0.849. The normalized spacial score (nSPS) is 11.7. The van der Waals surface area contributed by atoms with Gasteiger partial charge in [0, 0.05) is 13.2 Å². The fraction of sp³-hybridized carbons (Fsp3) is 0.280. The van der Waals surface area contributed by atoms with E-state index in [1.54, 1.807) is 18.1 Å². The van der Waals surface area contributed by atoms with Crippen molar-refractivity contribution in [1.82, 2.24) is 15.2 Å². The Balaban J connectivity index is 1.54. The number of hydrogen-bond donors (Lipinski definition) is 1. The van der Waals surface area contributed by atoms with Crippen LogP contribution in [0.15, 0.2) is 72.9 Å². The average molecular weight is 404 g/mol. The van der Waals surface area contributed by atoms with Crippen LogP contribution in [-0.2, 0) is 4.79 Å². The molecule has 0 saturated heterocycles. The third-order valence-electron chi connectivity index (χ3n) is 4.89. The van der Waals surface area contributed by atoms with E-state index in [9.17, 15) is 4.79 Å². The smallest absolute Gasteiger partial charge is 0.236 e. The largest absolute Gasteiger partial charge is 0.492 e. The molecule has 1 N–H and O–H groups in total. The summed E-state index contributed by atoms with van der Waals surface area (Å²) in [4.78, 5) is 18.8. The van der Waals surface area contributed by atoms with Crippen LogP contribution in [0.5, 0.6) is 5.75 Å². The maximum atomic E-state index is 12.6. The fourth-order valence-corrected chi connectivity index (χ4v) is 3.35. The van der Waals surface area contributed by atoms with Crippen LogP contribution in [0.4, 0.5) is 0 Å². The van der Waals surface area contributed by atoms with Gasteiger partial charge in [0.25, 0.3) is 0 Å². The molecule has 30 heavy (non-hydrogen) atoms. The molecule has 2 aromatic carbocycles. The number of carbonyl (C=O) groups is 1. The van der Waals surface area contributed by atoms with Crippen molar-refractivity contribution in [1.29, 1.82) is 0 Å². The van der Waals surface area contributed by atoms with Crippen LogP contribution in [0.3, 0.4) is 0 Å². The lowest BCUT2D eigenvalue weighted by molar-refractivity contribution is -0.129. The Kier molecular flexibility index (Phi) is 7.57. The lowest BCUT2D eigenvalue weighted by Gasteiger charge is -2.22. The van der Waals surface area contributed by atoms with Gasteiger partial charge >= 0.3 is 0 Å². The van der Waals surface area contributed by atoms with Gasteiger partial charge < -0.3 is 9.64 Å². The van der Waals surface area contributed by atoms with E-state index in [1.807, 2.05) is 74.5 Å². The summed E-state index contributed by atoms with van der Waals surface area (Å²) in [6.07, 6.45) is 1.77. The molecule has 3 rings (SSSR count). The number of hydrogen-bond acceptors (Lipinski definition) is 4. The fourth-order valence-electron chi connectivity index (χ4n) is 3.35. The molecular weight excluding hydrogens is 374 g/mol. The second-order valence-electron chi connectivity index (χ2n) is 7.47. The van der Waals surface area contributed by atoms with Crippen molar-refractivity contribution in [2.24, 2.45) is 0 Å². The predicted octanol–water partition coefficient (Wildman–Crippen LogP) is 3.91. The molecule has 0 aliphatic heterocycles. The van der Waals surface area contributed by atoms with Crippen LogP contribution >= 0.6 is 0 Å². The number of rotatable bonds is 9. The molecule has 5 nitrogen and oxygen atoms in total. The summed E-state index contributed by atoms with van der Waals surface area (Å²) in [6, 6.07) is 21.8. The van der Waals surface area contributed by atoms with Crippen molar-refractivity contribution in [2.75, 3.05) is 26.7 Å². The lowest BCUT2D eigenvalue weighted by atomic mass is 10.0. The second-order valence-corrected chi connectivity index (χ2v) is 7.47. The first kappa shape index (κ1) is 21.5. The maximum absolute atomic E-state index is 12.6. The summed E-state index contributed by atoms with van der Waals surface area (Å²) < 4.78 is 5.83. The molecule has 1 aromatic heterocycles. The first-order chi connectivity index (χ1) is 14.5. The van der Waals surface area contributed by atoms with E-state index in [-0.39, 0.29) is 18.5 Å². The zero-order valence-corrected chi connectivity index (χ0v) is 17.8. The van der Waals surface area contributed by atoms with Crippen LogP contribution in [0, 0.1) is 13.8 Å². The minimum atomic E-state index is -0.142. The zero-order chi connectivity index (χ0) is 21.3. The summed E-state index contributed by atoms with van der Waals surface area (Å²) >= 11 is 0. The molecule has 5 heteroatoms. The topological polar surface area (TPSA) is 54.5 Å². The molecule has 1 unspecified atom stereocenters. The third kappa shape index (κ3) is 6.16. The van der Waals surface area contributed by atoms with Crippen LogP contribution in [0.2, 0.25) is 0 Å². The molecule has 1 heterocycles. The van der Waals surface area contributed by atoms with Crippen LogP contribution in [-0.4, -0.2) is 42.5 Å². The van der Waals surface area contributed by atoms with E-state index in [0.717, 1.165) is 17.0 Å². The van der Waals surface area contributed by atoms with Crippen LogP contribution in [0.1, 0.15) is 28.4 Å². The summed E-state index contributed by atoms with van der Waals surface area (Å²) in [5, 5.41) is 3.36. The Bertz CT molecular complexity index is 885. The van der Waals surface area contributed by atoms with E-state index in [4.69, 9.17) is 4.74 Å². The molecule has 1 amide bonds.